The van der Waals surface area contributed by atoms with E-state index in [1.165, 1.54) is 59.4 Å². The van der Waals surface area contributed by atoms with E-state index in [1.54, 1.807) is 24.3 Å². The lowest BCUT2D eigenvalue weighted by atomic mass is 10.00. The number of carbonyl (C=O) groups excluding carboxylic acids is 2. The topological polar surface area (TPSA) is 71.2 Å². The molecule has 3 aliphatic rings. The lowest BCUT2D eigenvalue weighted by molar-refractivity contribution is -0.118. The summed E-state index contributed by atoms with van der Waals surface area (Å²) >= 11 is 0. The Balaban J connectivity index is 0.000000196. The van der Waals surface area contributed by atoms with Crippen molar-refractivity contribution in [3.63, 3.8) is 0 Å². The van der Waals surface area contributed by atoms with Gasteiger partial charge in [-0.1, -0.05) is 59.7 Å². The van der Waals surface area contributed by atoms with Crippen molar-refractivity contribution >= 4 is 23.2 Å². The van der Waals surface area contributed by atoms with Gasteiger partial charge in [0.05, 0.1) is 13.1 Å². The molecule has 1 saturated carbocycles. The Hall–Kier alpha value is -4.48. The van der Waals surface area contributed by atoms with Gasteiger partial charge in [0.2, 0.25) is 11.8 Å². The number of amides is 2. The molecule has 2 saturated heterocycles. The van der Waals surface area contributed by atoms with E-state index in [1.807, 2.05) is 0 Å². The molecular weight excluding hydrogens is 731 g/mol. The predicted octanol–water partition coefficient (Wildman–Crippen LogP) is 8.65. The van der Waals surface area contributed by atoms with E-state index in [-0.39, 0.29) is 23.4 Å². The molecule has 7 rings (SSSR count). The summed E-state index contributed by atoms with van der Waals surface area (Å²) in [4.78, 5) is 34.3. The maximum Gasteiger partial charge on any atom is 0.238 e. The van der Waals surface area contributed by atoms with Crippen LogP contribution in [0.15, 0.2) is 97.1 Å². The van der Waals surface area contributed by atoms with E-state index in [2.05, 4.69) is 106 Å². The summed E-state index contributed by atoms with van der Waals surface area (Å²) in [6.07, 6.45) is 6.96. The van der Waals surface area contributed by atoms with Gasteiger partial charge in [0.1, 0.15) is 11.6 Å². The van der Waals surface area contributed by atoms with Crippen LogP contribution in [0.1, 0.15) is 74.6 Å². The normalized spacial score (nSPS) is 17.0. The highest BCUT2D eigenvalue weighted by molar-refractivity contribution is 5.92. The number of nitrogens with zero attached hydrogens (tertiary/aromatic N) is 4. The summed E-state index contributed by atoms with van der Waals surface area (Å²) < 4.78 is 26.0. The molecule has 1 aliphatic carbocycles. The Kier molecular flexibility index (Phi) is 15.6. The van der Waals surface area contributed by atoms with Crippen molar-refractivity contribution in [2.75, 3.05) is 49.9 Å². The molecule has 0 bridgehead atoms. The van der Waals surface area contributed by atoms with Crippen molar-refractivity contribution in [1.29, 1.82) is 0 Å². The van der Waals surface area contributed by atoms with Gasteiger partial charge in [-0.2, -0.15) is 0 Å². The van der Waals surface area contributed by atoms with Gasteiger partial charge in [0, 0.05) is 74.8 Å². The molecule has 310 valence electrons. The van der Waals surface area contributed by atoms with Crippen LogP contribution in [0, 0.1) is 25.5 Å². The second kappa shape index (κ2) is 21.0. The molecule has 2 aliphatic heterocycles. The molecule has 2 heterocycles. The molecule has 4 aromatic carbocycles. The number of benzene rings is 4. The minimum absolute atomic E-state index is 0.0335. The Morgan fingerprint density at radius 2 is 1.02 bits per heavy atom. The summed E-state index contributed by atoms with van der Waals surface area (Å²) in [5.74, 6) is -0.675. The molecule has 3 fully saturated rings. The second-order valence-corrected chi connectivity index (χ2v) is 16.8. The highest BCUT2D eigenvalue weighted by atomic mass is 19.1. The first-order valence-electron chi connectivity index (χ1n) is 21.2. The van der Waals surface area contributed by atoms with Gasteiger partial charge in [-0.25, -0.2) is 8.78 Å². The van der Waals surface area contributed by atoms with Crippen molar-refractivity contribution in [2.24, 2.45) is 0 Å². The number of nitrogens with one attached hydrogen (secondary N) is 2. The lowest BCUT2D eigenvalue weighted by Crippen LogP contribution is -2.48. The largest absolute Gasteiger partial charge is 0.325 e. The monoisotopic (exact) mass is 792 g/mol. The van der Waals surface area contributed by atoms with Crippen LogP contribution in [0.5, 0.6) is 0 Å². The van der Waals surface area contributed by atoms with E-state index in [0.29, 0.717) is 42.6 Å². The third-order valence-electron chi connectivity index (χ3n) is 11.6. The number of halogens is 2. The molecule has 8 nitrogen and oxygen atoms in total. The average molecular weight is 793 g/mol. The van der Waals surface area contributed by atoms with Gasteiger partial charge >= 0.3 is 0 Å². The number of likely N-dealkylation sites (tertiary alicyclic amines) is 2. The number of piperidine rings is 2. The Morgan fingerprint density at radius 1 is 0.603 bits per heavy atom. The third-order valence-corrected chi connectivity index (χ3v) is 11.6. The first-order chi connectivity index (χ1) is 28.0. The van der Waals surface area contributed by atoms with Crippen molar-refractivity contribution in [3.05, 3.63) is 131 Å². The molecule has 2 N–H and O–H groups in total. The maximum atomic E-state index is 13.0. The molecule has 0 spiro atoms. The molecule has 2 amide bonds. The predicted molar refractivity (Wildman–Crippen MR) is 231 cm³/mol. The summed E-state index contributed by atoms with van der Waals surface area (Å²) in [6.45, 7) is 15.3. The summed E-state index contributed by atoms with van der Waals surface area (Å²) in [5, 5.41) is 5.71. The van der Waals surface area contributed by atoms with Gasteiger partial charge in [-0.05, 0) is 126 Å². The SMILES string of the molecule is Cc1cccc(CN(C(C)C)C2CCN(CC(=O)Nc3ccc(F)cc3)CC2)c1.Cc1cccc(CN(C2CC2)C2CCN(CC(=O)Nc3ccc(F)cc3)CC2)c1. The standard InChI is InChI=1S/C24H30FN3O.C24H32FN3O/c1-18-3-2-4-19(15-18)16-28(22-9-10-22)23-11-13-27(14-12-23)17-24(29)26-21-7-5-20(25)6-8-21;1-18(2)28(16-20-6-4-5-19(3)15-20)23-11-13-27(14-12-23)17-24(29)26-22-9-7-21(25)8-10-22/h2-8,15,22-23H,9-14,16-17H2,1H3,(H,26,29);4-10,15,18,23H,11-14,16-17H2,1-3H3,(H,26,29). The fourth-order valence-corrected chi connectivity index (χ4v) is 8.43. The molecule has 4 aromatic rings. The molecule has 0 atom stereocenters. The van der Waals surface area contributed by atoms with E-state index >= 15 is 0 Å². The molecule has 0 unspecified atom stereocenters. The van der Waals surface area contributed by atoms with Gasteiger partial charge in [-0.15, -0.1) is 0 Å². The third kappa shape index (κ3) is 13.5. The average Bonchev–Trinajstić information content (AvgIpc) is 4.05. The van der Waals surface area contributed by atoms with Crippen molar-refractivity contribution in [1.82, 2.24) is 19.6 Å². The number of hydrogen-bond donors (Lipinski definition) is 2. The Morgan fingerprint density at radius 3 is 1.43 bits per heavy atom. The van der Waals surface area contributed by atoms with Crippen LogP contribution >= 0.6 is 0 Å². The van der Waals surface area contributed by atoms with E-state index in [0.717, 1.165) is 71.0 Å². The van der Waals surface area contributed by atoms with Crippen LogP contribution in [-0.4, -0.2) is 94.8 Å². The minimum Gasteiger partial charge on any atom is -0.325 e. The van der Waals surface area contributed by atoms with E-state index < -0.39 is 0 Å². The van der Waals surface area contributed by atoms with Gasteiger partial charge in [0.25, 0.3) is 0 Å². The van der Waals surface area contributed by atoms with Crippen LogP contribution in [0.25, 0.3) is 0 Å². The van der Waals surface area contributed by atoms with Crippen LogP contribution in [0.2, 0.25) is 0 Å². The maximum absolute atomic E-state index is 13.0. The zero-order valence-electron chi connectivity index (χ0n) is 34.8. The van der Waals surface area contributed by atoms with Gasteiger partial charge in [-0.3, -0.25) is 29.2 Å². The lowest BCUT2D eigenvalue weighted by Gasteiger charge is -2.40. The smallest absolute Gasteiger partial charge is 0.238 e. The van der Waals surface area contributed by atoms with E-state index in [9.17, 15) is 18.4 Å². The number of hydrogen-bond acceptors (Lipinski definition) is 6. The van der Waals surface area contributed by atoms with Crippen LogP contribution in [-0.2, 0) is 22.7 Å². The first kappa shape index (κ1) is 43.1. The molecule has 0 radical (unpaired) electrons. The molecule has 58 heavy (non-hydrogen) atoms. The Bertz CT molecular complexity index is 1770. The van der Waals surface area contributed by atoms with Gasteiger partial charge in [0.15, 0.2) is 0 Å². The Labute approximate surface area is 344 Å². The van der Waals surface area contributed by atoms with Crippen LogP contribution in [0.3, 0.4) is 0 Å². The van der Waals surface area contributed by atoms with Crippen molar-refractivity contribution in [2.45, 2.75) is 103 Å². The van der Waals surface area contributed by atoms with Crippen LogP contribution < -0.4 is 10.6 Å². The van der Waals surface area contributed by atoms with Crippen molar-refractivity contribution in [3.8, 4) is 0 Å². The fourth-order valence-electron chi connectivity index (χ4n) is 8.43. The zero-order valence-corrected chi connectivity index (χ0v) is 34.8. The molecule has 10 heteroatoms. The quantitative estimate of drug-likeness (QED) is 0.133. The summed E-state index contributed by atoms with van der Waals surface area (Å²) in [6, 6.07) is 31.7. The number of aryl methyl sites for hydroxylation is 2. The van der Waals surface area contributed by atoms with E-state index in [4.69, 9.17) is 0 Å². The number of anilines is 2. The number of carbonyl (C=O) groups is 2. The van der Waals surface area contributed by atoms with Crippen LogP contribution in [0.4, 0.5) is 20.2 Å². The highest BCUT2D eigenvalue weighted by Crippen LogP contribution is 2.33. The molecule has 0 aromatic heterocycles. The second-order valence-electron chi connectivity index (χ2n) is 16.8. The molecular formula is C48H62F2N6O2. The number of rotatable bonds is 14. The van der Waals surface area contributed by atoms with Gasteiger partial charge < -0.3 is 10.6 Å². The highest BCUT2D eigenvalue weighted by Gasteiger charge is 2.35. The minimum atomic E-state index is -0.301. The zero-order chi connectivity index (χ0) is 41.0. The summed E-state index contributed by atoms with van der Waals surface area (Å²) in [7, 11) is 0. The summed E-state index contributed by atoms with van der Waals surface area (Å²) in [5.41, 5.74) is 6.66. The first-order valence-corrected chi connectivity index (χ1v) is 21.2. The van der Waals surface area contributed by atoms with Crippen molar-refractivity contribution < 1.29 is 18.4 Å². The fraction of sp³-hybridized carbons (Fsp3) is 0.458.